The van der Waals surface area contributed by atoms with Crippen molar-refractivity contribution < 1.29 is 0 Å². The molecule has 1 N–H and O–H groups in total. The Labute approximate surface area is 75.3 Å². The summed E-state index contributed by atoms with van der Waals surface area (Å²) in [5.74, 6) is 0. The predicted octanol–water partition coefficient (Wildman–Crippen LogP) is 1.08. The molecule has 2 nitrogen and oxygen atoms in total. The first kappa shape index (κ1) is 8.52. The molecule has 2 saturated heterocycles. The normalized spacial score (nSPS) is 31.5. The summed E-state index contributed by atoms with van der Waals surface area (Å²) in [4.78, 5) is 2.67. The van der Waals surface area contributed by atoms with Crippen molar-refractivity contribution in [2.45, 2.75) is 32.7 Å². The molecule has 0 atom stereocenters. The van der Waals surface area contributed by atoms with E-state index in [0.717, 1.165) is 6.04 Å². The standard InChI is InChI=1S/C10H20N2/c1-10(2)4-3-5-12(8-10)9-6-11-7-9/h9,11H,3-8H2,1-2H3. The Morgan fingerprint density at radius 1 is 1.33 bits per heavy atom. The number of nitrogens with one attached hydrogen (secondary N) is 1. The minimum Gasteiger partial charge on any atom is -0.314 e. The molecular formula is C10H20N2. The van der Waals surface area contributed by atoms with Crippen molar-refractivity contribution in [3.8, 4) is 0 Å². The fourth-order valence-electron chi connectivity index (χ4n) is 2.31. The third-order valence-electron chi connectivity index (χ3n) is 3.21. The number of rotatable bonds is 1. The lowest BCUT2D eigenvalue weighted by Gasteiger charge is -2.45. The lowest BCUT2D eigenvalue weighted by Crippen LogP contribution is -2.60. The monoisotopic (exact) mass is 168 g/mol. The summed E-state index contributed by atoms with van der Waals surface area (Å²) >= 11 is 0. The molecule has 0 aromatic rings. The fraction of sp³-hybridized carbons (Fsp3) is 1.00. The highest BCUT2D eigenvalue weighted by Crippen LogP contribution is 2.29. The van der Waals surface area contributed by atoms with Gasteiger partial charge < -0.3 is 5.32 Å². The minimum absolute atomic E-state index is 0.563. The van der Waals surface area contributed by atoms with E-state index in [4.69, 9.17) is 0 Å². The van der Waals surface area contributed by atoms with Crippen molar-refractivity contribution in [1.29, 1.82) is 0 Å². The van der Waals surface area contributed by atoms with Gasteiger partial charge in [-0.2, -0.15) is 0 Å². The van der Waals surface area contributed by atoms with Gasteiger partial charge in [-0.25, -0.2) is 0 Å². The lowest BCUT2D eigenvalue weighted by atomic mass is 9.83. The Kier molecular flexibility index (Phi) is 2.13. The second-order valence-electron chi connectivity index (χ2n) is 5.05. The Hall–Kier alpha value is -0.0800. The average Bonchev–Trinajstić information content (AvgIpc) is 1.80. The molecule has 2 rings (SSSR count). The van der Waals surface area contributed by atoms with E-state index in [1.54, 1.807) is 0 Å². The highest BCUT2D eigenvalue weighted by atomic mass is 15.2. The van der Waals surface area contributed by atoms with Crippen LogP contribution in [0, 0.1) is 5.41 Å². The maximum Gasteiger partial charge on any atom is 0.0345 e. The van der Waals surface area contributed by atoms with Crippen LogP contribution in [0.1, 0.15) is 26.7 Å². The summed E-state index contributed by atoms with van der Waals surface area (Å²) < 4.78 is 0. The largest absolute Gasteiger partial charge is 0.314 e. The van der Waals surface area contributed by atoms with Gasteiger partial charge in [0.2, 0.25) is 0 Å². The van der Waals surface area contributed by atoms with Gasteiger partial charge in [-0.15, -0.1) is 0 Å². The van der Waals surface area contributed by atoms with E-state index in [1.165, 1.54) is 39.0 Å². The van der Waals surface area contributed by atoms with Crippen molar-refractivity contribution in [2.24, 2.45) is 5.41 Å². The highest BCUT2D eigenvalue weighted by Gasteiger charge is 2.32. The van der Waals surface area contributed by atoms with Crippen LogP contribution in [-0.4, -0.2) is 37.1 Å². The molecule has 2 aliphatic heterocycles. The molecule has 0 unspecified atom stereocenters. The van der Waals surface area contributed by atoms with Crippen LogP contribution in [0.15, 0.2) is 0 Å². The molecule has 2 heteroatoms. The number of likely N-dealkylation sites (tertiary alicyclic amines) is 1. The van der Waals surface area contributed by atoms with Gasteiger partial charge >= 0.3 is 0 Å². The molecular weight excluding hydrogens is 148 g/mol. The van der Waals surface area contributed by atoms with Crippen molar-refractivity contribution in [1.82, 2.24) is 10.2 Å². The molecule has 0 aromatic heterocycles. The number of hydrogen-bond donors (Lipinski definition) is 1. The zero-order valence-electron chi connectivity index (χ0n) is 8.27. The number of piperidine rings is 1. The smallest absolute Gasteiger partial charge is 0.0345 e. The number of nitrogens with zero attached hydrogens (tertiary/aromatic N) is 1. The quantitative estimate of drug-likeness (QED) is 0.630. The van der Waals surface area contributed by atoms with E-state index in [1.807, 2.05) is 0 Å². The van der Waals surface area contributed by atoms with Gasteiger partial charge in [0.15, 0.2) is 0 Å². The van der Waals surface area contributed by atoms with E-state index >= 15 is 0 Å². The Balaban J connectivity index is 1.89. The van der Waals surface area contributed by atoms with Gasteiger partial charge in [-0.3, -0.25) is 4.90 Å². The lowest BCUT2D eigenvalue weighted by molar-refractivity contribution is 0.0555. The van der Waals surface area contributed by atoms with Crippen LogP contribution in [0.2, 0.25) is 0 Å². The van der Waals surface area contributed by atoms with Crippen LogP contribution in [0.4, 0.5) is 0 Å². The van der Waals surface area contributed by atoms with Gasteiger partial charge in [0.25, 0.3) is 0 Å². The first-order valence-electron chi connectivity index (χ1n) is 5.12. The summed E-state index contributed by atoms with van der Waals surface area (Å²) in [6.45, 7) is 9.86. The molecule has 0 saturated carbocycles. The summed E-state index contributed by atoms with van der Waals surface area (Å²) in [6.07, 6.45) is 2.80. The van der Waals surface area contributed by atoms with E-state index in [9.17, 15) is 0 Å². The molecule has 0 aliphatic carbocycles. The van der Waals surface area contributed by atoms with Crippen molar-refractivity contribution in [3.63, 3.8) is 0 Å². The van der Waals surface area contributed by atoms with Crippen LogP contribution < -0.4 is 5.32 Å². The average molecular weight is 168 g/mol. The summed E-state index contributed by atoms with van der Waals surface area (Å²) in [5.41, 5.74) is 0.563. The van der Waals surface area contributed by atoms with Gasteiger partial charge in [-0.05, 0) is 24.8 Å². The molecule has 2 fully saturated rings. The molecule has 2 aliphatic rings. The SMILES string of the molecule is CC1(C)CCCN(C2CNC2)C1. The Morgan fingerprint density at radius 2 is 2.08 bits per heavy atom. The van der Waals surface area contributed by atoms with Crippen molar-refractivity contribution in [2.75, 3.05) is 26.2 Å². The zero-order valence-corrected chi connectivity index (χ0v) is 8.27. The van der Waals surface area contributed by atoms with E-state index in [2.05, 4.69) is 24.1 Å². The molecule has 0 amide bonds. The Morgan fingerprint density at radius 3 is 2.58 bits per heavy atom. The highest BCUT2D eigenvalue weighted by molar-refractivity contribution is 4.90. The zero-order chi connectivity index (χ0) is 8.60. The predicted molar refractivity (Wildman–Crippen MR) is 51.2 cm³/mol. The van der Waals surface area contributed by atoms with Crippen LogP contribution in [-0.2, 0) is 0 Å². The molecule has 0 radical (unpaired) electrons. The fourth-order valence-corrected chi connectivity index (χ4v) is 2.31. The van der Waals surface area contributed by atoms with Crippen molar-refractivity contribution >= 4 is 0 Å². The van der Waals surface area contributed by atoms with Gasteiger partial charge in [0.1, 0.15) is 0 Å². The molecule has 0 aromatic carbocycles. The topological polar surface area (TPSA) is 15.3 Å². The molecule has 0 spiro atoms. The first-order chi connectivity index (χ1) is 5.67. The third-order valence-corrected chi connectivity index (χ3v) is 3.21. The van der Waals surface area contributed by atoms with Gasteiger partial charge in [-0.1, -0.05) is 13.8 Å². The Bertz CT molecular complexity index is 161. The van der Waals surface area contributed by atoms with E-state index in [-0.39, 0.29) is 0 Å². The minimum atomic E-state index is 0.563. The molecule has 70 valence electrons. The summed E-state index contributed by atoms with van der Waals surface area (Å²) in [5, 5.41) is 3.34. The summed E-state index contributed by atoms with van der Waals surface area (Å²) in [6, 6.07) is 0.851. The molecule has 2 heterocycles. The second kappa shape index (κ2) is 3.00. The van der Waals surface area contributed by atoms with Gasteiger partial charge in [0.05, 0.1) is 0 Å². The number of hydrogen-bond acceptors (Lipinski definition) is 2. The van der Waals surface area contributed by atoms with E-state index < -0.39 is 0 Å². The third kappa shape index (κ3) is 1.64. The van der Waals surface area contributed by atoms with Crippen molar-refractivity contribution in [3.05, 3.63) is 0 Å². The molecule has 12 heavy (non-hydrogen) atoms. The summed E-state index contributed by atoms with van der Waals surface area (Å²) in [7, 11) is 0. The van der Waals surface area contributed by atoms with Crippen LogP contribution >= 0.6 is 0 Å². The van der Waals surface area contributed by atoms with Crippen LogP contribution in [0.5, 0.6) is 0 Å². The first-order valence-corrected chi connectivity index (χ1v) is 5.12. The maximum atomic E-state index is 3.34. The maximum absolute atomic E-state index is 3.34. The van der Waals surface area contributed by atoms with Gasteiger partial charge in [0, 0.05) is 25.7 Å². The van der Waals surface area contributed by atoms with Crippen LogP contribution in [0.25, 0.3) is 0 Å². The van der Waals surface area contributed by atoms with Crippen LogP contribution in [0.3, 0.4) is 0 Å². The molecule has 0 bridgehead atoms. The second-order valence-corrected chi connectivity index (χ2v) is 5.05. The van der Waals surface area contributed by atoms with E-state index in [0.29, 0.717) is 5.41 Å².